The highest BCUT2D eigenvalue weighted by molar-refractivity contribution is 5.75. The van der Waals surface area contributed by atoms with Crippen LogP contribution in [0.1, 0.15) is 116 Å². The normalized spacial score (nSPS) is 16.9. The minimum Gasteiger partial charge on any atom is -0.465 e. The number of carbonyl (C=O) groups excluding carboxylic acids is 2. The van der Waals surface area contributed by atoms with Crippen molar-refractivity contribution < 1.29 is 19.1 Å². The molecule has 0 aliphatic carbocycles. The third-order valence-corrected chi connectivity index (χ3v) is 8.05. The molecule has 0 aromatic rings. The summed E-state index contributed by atoms with van der Waals surface area (Å²) in [5, 5.41) is 0. The van der Waals surface area contributed by atoms with Crippen molar-refractivity contribution >= 4 is 11.9 Å². The molecule has 0 radical (unpaired) electrons. The SMILES string of the molecule is CC(N)C(=O)OCCC(C(C)(C)C)C(C)(C)CCC(C)(C)C(CCOC(=O)C(N)C(C)C)C(C)(C)C. The molecule has 4 unspecified atom stereocenters. The van der Waals surface area contributed by atoms with Crippen molar-refractivity contribution in [1.29, 1.82) is 0 Å². The van der Waals surface area contributed by atoms with Gasteiger partial charge in [0.25, 0.3) is 0 Å². The third-order valence-electron chi connectivity index (χ3n) is 8.05. The van der Waals surface area contributed by atoms with E-state index in [4.69, 9.17) is 20.9 Å². The Hall–Kier alpha value is -1.14. The minimum atomic E-state index is -0.596. The van der Waals surface area contributed by atoms with E-state index in [1.54, 1.807) is 6.92 Å². The molecule has 0 aromatic heterocycles. The minimum absolute atomic E-state index is 0.0476. The zero-order valence-corrected chi connectivity index (χ0v) is 25.9. The Morgan fingerprint density at radius 3 is 1.25 bits per heavy atom. The van der Waals surface area contributed by atoms with Crippen LogP contribution in [0, 0.1) is 39.4 Å². The molecule has 214 valence electrons. The smallest absolute Gasteiger partial charge is 0.323 e. The van der Waals surface area contributed by atoms with Gasteiger partial charge in [0, 0.05) is 0 Å². The summed E-state index contributed by atoms with van der Waals surface area (Å²) in [6.07, 6.45) is 3.72. The van der Waals surface area contributed by atoms with E-state index in [1.807, 2.05) is 13.8 Å². The van der Waals surface area contributed by atoms with Crippen LogP contribution in [-0.4, -0.2) is 37.2 Å². The topological polar surface area (TPSA) is 105 Å². The van der Waals surface area contributed by atoms with Crippen LogP contribution in [0.3, 0.4) is 0 Å². The number of ether oxygens (including phenoxy) is 2. The lowest BCUT2D eigenvalue weighted by Crippen LogP contribution is -2.40. The molecule has 4 N–H and O–H groups in total. The van der Waals surface area contributed by atoms with E-state index in [1.165, 1.54) is 0 Å². The molecule has 0 aliphatic heterocycles. The Labute approximate surface area is 223 Å². The Bertz CT molecular complexity index is 684. The van der Waals surface area contributed by atoms with Gasteiger partial charge in [-0.15, -0.1) is 0 Å². The second-order valence-electron chi connectivity index (χ2n) is 14.8. The Morgan fingerprint density at radius 1 is 0.639 bits per heavy atom. The van der Waals surface area contributed by atoms with Crippen molar-refractivity contribution in [3.63, 3.8) is 0 Å². The molecule has 0 amide bonds. The highest BCUT2D eigenvalue weighted by atomic mass is 16.5. The van der Waals surface area contributed by atoms with Gasteiger partial charge in [-0.1, -0.05) is 83.1 Å². The average Bonchev–Trinajstić information content (AvgIpc) is 2.69. The van der Waals surface area contributed by atoms with E-state index in [-0.39, 0.29) is 39.5 Å². The second kappa shape index (κ2) is 13.6. The Balaban J connectivity index is 5.41. The molecule has 0 saturated carbocycles. The Kier molecular flexibility index (Phi) is 13.2. The van der Waals surface area contributed by atoms with Crippen molar-refractivity contribution in [3.05, 3.63) is 0 Å². The van der Waals surface area contributed by atoms with Crippen LogP contribution in [0.2, 0.25) is 0 Å². The summed E-state index contributed by atoms with van der Waals surface area (Å²) in [7, 11) is 0. The number of nitrogens with two attached hydrogens (primary N) is 2. The van der Waals surface area contributed by atoms with E-state index < -0.39 is 12.1 Å². The standard InChI is InChI=1S/C30H60N2O4/c1-20(2)24(32)26(34)36-19-15-23(28(7,8)9)30(12,13)17-16-29(10,11)22(27(4,5)6)14-18-35-25(33)21(3)31/h20-24H,14-19,31-32H2,1-13H3. The predicted octanol–water partition coefficient (Wildman–Crippen LogP) is 6.34. The summed E-state index contributed by atoms with van der Waals surface area (Å²) in [6, 6.07) is -1.17. The lowest BCUT2D eigenvalue weighted by atomic mass is 9.58. The molecule has 6 nitrogen and oxygen atoms in total. The molecule has 0 aromatic carbocycles. The zero-order chi connectivity index (χ0) is 28.7. The van der Waals surface area contributed by atoms with Crippen LogP contribution >= 0.6 is 0 Å². The molecule has 4 atom stereocenters. The highest BCUT2D eigenvalue weighted by Gasteiger charge is 2.42. The van der Waals surface area contributed by atoms with Crippen LogP contribution < -0.4 is 11.5 Å². The van der Waals surface area contributed by atoms with Gasteiger partial charge < -0.3 is 20.9 Å². The fourth-order valence-corrected chi connectivity index (χ4v) is 6.04. The maximum atomic E-state index is 12.3. The van der Waals surface area contributed by atoms with Gasteiger partial charge in [0.15, 0.2) is 0 Å². The van der Waals surface area contributed by atoms with Crippen LogP contribution in [0.4, 0.5) is 0 Å². The molecule has 0 saturated heterocycles. The summed E-state index contributed by atoms with van der Waals surface area (Å²) in [4.78, 5) is 24.1. The molecular formula is C30H60N2O4. The summed E-state index contributed by atoms with van der Waals surface area (Å²) in [6.45, 7) is 29.3. The Morgan fingerprint density at radius 2 is 0.972 bits per heavy atom. The first kappa shape index (κ1) is 34.9. The predicted molar refractivity (Wildman–Crippen MR) is 150 cm³/mol. The number of carbonyl (C=O) groups is 2. The fraction of sp³-hybridized carbons (Fsp3) is 0.933. The first-order valence-electron chi connectivity index (χ1n) is 13.9. The number of hydrogen-bond donors (Lipinski definition) is 2. The van der Waals surface area contributed by atoms with Gasteiger partial charge in [-0.25, -0.2) is 0 Å². The van der Waals surface area contributed by atoms with Gasteiger partial charge in [-0.2, -0.15) is 0 Å². The molecule has 0 bridgehead atoms. The maximum Gasteiger partial charge on any atom is 0.323 e. The lowest BCUT2D eigenvalue weighted by molar-refractivity contribution is -0.148. The quantitative estimate of drug-likeness (QED) is 0.263. The first-order valence-corrected chi connectivity index (χ1v) is 13.9. The molecule has 0 spiro atoms. The van der Waals surface area contributed by atoms with Gasteiger partial charge in [-0.3, -0.25) is 9.59 Å². The molecule has 0 aliphatic rings. The van der Waals surface area contributed by atoms with E-state index in [2.05, 4.69) is 69.2 Å². The largest absolute Gasteiger partial charge is 0.465 e. The van der Waals surface area contributed by atoms with Crippen LogP contribution in [-0.2, 0) is 19.1 Å². The number of esters is 2. The molecule has 0 fully saturated rings. The molecule has 6 heteroatoms. The van der Waals surface area contributed by atoms with E-state index in [0.29, 0.717) is 25.0 Å². The highest BCUT2D eigenvalue weighted by Crippen LogP contribution is 2.50. The summed E-state index contributed by atoms with van der Waals surface area (Å²) < 4.78 is 11.0. The lowest BCUT2D eigenvalue weighted by Gasteiger charge is -2.47. The fourth-order valence-electron chi connectivity index (χ4n) is 6.04. The average molecular weight is 513 g/mol. The van der Waals surface area contributed by atoms with Gasteiger partial charge in [0.1, 0.15) is 12.1 Å². The van der Waals surface area contributed by atoms with Gasteiger partial charge >= 0.3 is 11.9 Å². The van der Waals surface area contributed by atoms with Crippen molar-refractivity contribution in [2.75, 3.05) is 13.2 Å². The van der Waals surface area contributed by atoms with E-state index in [9.17, 15) is 9.59 Å². The summed E-state index contributed by atoms with van der Waals surface area (Å²) in [5.41, 5.74) is 11.9. The number of hydrogen-bond acceptors (Lipinski definition) is 6. The van der Waals surface area contributed by atoms with Crippen molar-refractivity contribution in [1.82, 2.24) is 0 Å². The summed E-state index contributed by atoms with van der Waals surface area (Å²) >= 11 is 0. The molecular weight excluding hydrogens is 452 g/mol. The molecule has 0 heterocycles. The summed E-state index contributed by atoms with van der Waals surface area (Å²) in [5.74, 6) is 0.142. The van der Waals surface area contributed by atoms with Crippen LogP contribution in [0.25, 0.3) is 0 Å². The van der Waals surface area contributed by atoms with E-state index in [0.717, 1.165) is 25.7 Å². The van der Waals surface area contributed by atoms with E-state index >= 15 is 0 Å². The third kappa shape index (κ3) is 11.5. The van der Waals surface area contributed by atoms with Crippen molar-refractivity contribution in [3.8, 4) is 0 Å². The molecule has 36 heavy (non-hydrogen) atoms. The first-order chi connectivity index (χ1) is 16.0. The second-order valence-corrected chi connectivity index (χ2v) is 14.8. The van der Waals surface area contributed by atoms with Crippen molar-refractivity contribution in [2.24, 2.45) is 50.9 Å². The van der Waals surface area contributed by atoms with Gasteiger partial charge in [-0.05, 0) is 72.0 Å². The van der Waals surface area contributed by atoms with Gasteiger partial charge in [0.05, 0.1) is 13.2 Å². The number of rotatable bonds is 14. The van der Waals surface area contributed by atoms with Gasteiger partial charge in [0.2, 0.25) is 0 Å². The van der Waals surface area contributed by atoms with Crippen molar-refractivity contribution in [2.45, 2.75) is 128 Å². The van der Waals surface area contributed by atoms with Crippen LogP contribution in [0.15, 0.2) is 0 Å². The monoisotopic (exact) mass is 512 g/mol. The molecule has 0 rings (SSSR count). The van der Waals surface area contributed by atoms with Crippen LogP contribution in [0.5, 0.6) is 0 Å². The maximum absolute atomic E-state index is 12.3. The zero-order valence-electron chi connectivity index (χ0n) is 25.9.